The summed E-state index contributed by atoms with van der Waals surface area (Å²) in [4.78, 5) is 9.17. The molecule has 10 rings (SSSR count). The Hall–Kier alpha value is -7.25. The van der Waals surface area contributed by atoms with Crippen LogP contribution in [0.1, 0.15) is 76.4 Å². The Morgan fingerprint density at radius 2 is 1.33 bits per heavy atom. The van der Waals surface area contributed by atoms with Gasteiger partial charge in [-0.1, -0.05) is 108 Å². The standard InChI is InChI=1S/C57H50F2N4O/c1-6-15-38-26-27-60-55(28-38)63-51-21-11-10-18-45(51)46-25-24-43(34-54(46)63)64-44-30-40(39-16-8-7-9-17-39)29-42(33-44)61-35-62(53-23-13-12-22-52(53)61)57-47(36(2)3)31-41(32-48(57)37(4)5)56-49(58)19-14-20-50(56)59/h7-14,16-34,36-37H,6,15,35H2,1-5H3/i7D,8D,9D,16D,17D. The summed E-state index contributed by atoms with van der Waals surface area (Å²) in [6, 6.07) is 37.6. The molecule has 5 nitrogen and oxygen atoms in total. The number of fused-ring (bicyclic) bond motifs is 4. The molecule has 0 atom stereocenters. The van der Waals surface area contributed by atoms with Gasteiger partial charge in [-0.3, -0.25) is 4.57 Å². The maximum atomic E-state index is 15.4. The van der Waals surface area contributed by atoms with Crippen molar-refractivity contribution < 1.29 is 20.4 Å². The highest BCUT2D eigenvalue weighted by molar-refractivity contribution is 6.09. The summed E-state index contributed by atoms with van der Waals surface area (Å²) in [6.07, 6.45) is 3.78. The zero-order valence-corrected chi connectivity index (χ0v) is 36.4. The molecule has 0 bridgehead atoms. The first kappa shape index (κ1) is 35.2. The van der Waals surface area contributed by atoms with Crippen molar-refractivity contribution in [2.24, 2.45) is 0 Å². The van der Waals surface area contributed by atoms with Crippen molar-refractivity contribution in [1.29, 1.82) is 0 Å². The van der Waals surface area contributed by atoms with Gasteiger partial charge in [-0.2, -0.15) is 0 Å². The van der Waals surface area contributed by atoms with Crippen LogP contribution in [0.25, 0.3) is 49.9 Å². The highest BCUT2D eigenvalue weighted by atomic mass is 19.1. The molecule has 0 spiro atoms. The van der Waals surface area contributed by atoms with E-state index in [2.05, 4.69) is 67.2 Å². The first-order valence-corrected chi connectivity index (χ1v) is 21.9. The highest BCUT2D eigenvalue weighted by Gasteiger charge is 2.33. The number of aryl methyl sites for hydroxylation is 1. The van der Waals surface area contributed by atoms with Crippen LogP contribution in [0.2, 0.25) is 0 Å². The smallest absolute Gasteiger partial charge is 0.137 e. The quantitative estimate of drug-likeness (QED) is 0.130. The average molecular weight is 850 g/mol. The van der Waals surface area contributed by atoms with Crippen LogP contribution in [0.15, 0.2) is 164 Å². The molecule has 0 N–H and O–H groups in total. The van der Waals surface area contributed by atoms with E-state index in [4.69, 9.17) is 16.6 Å². The number of aromatic nitrogens is 2. The Morgan fingerprint density at radius 3 is 2.05 bits per heavy atom. The number of hydrogen-bond acceptors (Lipinski definition) is 4. The molecule has 0 aliphatic carbocycles. The Morgan fingerprint density at radius 1 is 0.641 bits per heavy atom. The lowest BCUT2D eigenvalue weighted by atomic mass is 9.87. The zero-order valence-electron chi connectivity index (χ0n) is 41.4. The Kier molecular flexibility index (Phi) is 9.25. The predicted octanol–water partition coefficient (Wildman–Crippen LogP) is 16.0. The molecule has 1 aliphatic rings. The van der Waals surface area contributed by atoms with Crippen molar-refractivity contribution >= 4 is 44.6 Å². The van der Waals surface area contributed by atoms with Crippen LogP contribution in [-0.4, -0.2) is 16.2 Å². The maximum absolute atomic E-state index is 15.4. The van der Waals surface area contributed by atoms with Crippen LogP contribution >= 0.6 is 0 Å². The second-order valence-corrected chi connectivity index (χ2v) is 17.0. The third-order valence-corrected chi connectivity index (χ3v) is 12.1. The monoisotopic (exact) mass is 849 g/mol. The number of pyridine rings is 1. The fourth-order valence-corrected chi connectivity index (χ4v) is 9.18. The largest absolute Gasteiger partial charge is 0.457 e. The molecule has 7 aromatic carbocycles. The van der Waals surface area contributed by atoms with Gasteiger partial charge in [-0.15, -0.1) is 0 Å². The van der Waals surface area contributed by atoms with Gasteiger partial charge in [-0.25, -0.2) is 13.8 Å². The van der Waals surface area contributed by atoms with Crippen LogP contribution in [0, 0.1) is 11.6 Å². The maximum Gasteiger partial charge on any atom is 0.137 e. The summed E-state index contributed by atoms with van der Waals surface area (Å²) in [7, 11) is 0. The number of benzene rings is 7. The van der Waals surface area contributed by atoms with E-state index >= 15 is 8.78 Å². The summed E-state index contributed by atoms with van der Waals surface area (Å²) >= 11 is 0. The summed E-state index contributed by atoms with van der Waals surface area (Å²) in [5, 5.41) is 2.09. The second kappa shape index (κ2) is 16.8. The van der Waals surface area contributed by atoms with Crippen LogP contribution in [-0.2, 0) is 6.42 Å². The highest BCUT2D eigenvalue weighted by Crippen LogP contribution is 2.50. The van der Waals surface area contributed by atoms with E-state index in [-0.39, 0.29) is 35.0 Å². The molecule has 0 unspecified atom stereocenters. The summed E-state index contributed by atoms with van der Waals surface area (Å²) in [5.74, 6) is 0.385. The molecule has 0 saturated carbocycles. The van der Waals surface area contributed by atoms with Gasteiger partial charge in [0.25, 0.3) is 0 Å². The van der Waals surface area contributed by atoms with Crippen molar-refractivity contribution in [3.63, 3.8) is 0 Å². The van der Waals surface area contributed by atoms with Gasteiger partial charge in [-0.05, 0) is 131 Å². The lowest BCUT2D eigenvalue weighted by Gasteiger charge is -2.30. The van der Waals surface area contributed by atoms with Crippen LogP contribution in [0.3, 0.4) is 0 Å². The van der Waals surface area contributed by atoms with Crippen molar-refractivity contribution in [2.75, 3.05) is 16.5 Å². The molecule has 64 heavy (non-hydrogen) atoms. The molecule has 318 valence electrons. The lowest BCUT2D eigenvalue weighted by Crippen LogP contribution is -2.26. The zero-order chi connectivity index (χ0) is 48.4. The fraction of sp³-hybridized carbons (Fsp3) is 0.175. The number of nitrogens with zero attached hydrogens (tertiary/aromatic N) is 4. The van der Waals surface area contributed by atoms with Crippen molar-refractivity contribution in [3.8, 4) is 39.6 Å². The molecule has 9 aromatic rings. The van der Waals surface area contributed by atoms with E-state index in [1.165, 1.54) is 23.8 Å². The molecule has 3 heterocycles. The van der Waals surface area contributed by atoms with Gasteiger partial charge in [0.1, 0.15) is 35.6 Å². The first-order valence-electron chi connectivity index (χ1n) is 24.4. The molecule has 0 saturated heterocycles. The number of anilines is 4. The normalized spacial score (nSPS) is 13.7. The molecular weight excluding hydrogens is 795 g/mol. The Balaban J connectivity index is 1.14. The SMILES string of the molecule is [2H]c1c([2H])c([2H])c(-c2cc(Oc3ccc4c5ccccc5n(-c5cc(CCC)ccn5)c4c3)cc(N3CN(c4c(C(C)C)cc(-c5c(F)cccc5F)cc4C(C)C)c4ccccc43)c2)c([2H])c1[2H]. The third-order valence-electron chi connectivity index (χ3n) is 12.1. The number of para-hydroxylation sites is 3. The van der Waals surface area contributed by atoms with E-state index in [9.17, 15) is 0 Å². The van der Waals surface area contributed by atoms with Gasteiger partial charge in [0.2, 0.25) is 0 Å². The van der Waals surface area contributed by atoms with Crippen LogP contribution in [0.5, 0.6) is 11.5 Å². The molecule has 0 fully saturated rings. The Labute approximate surface area is 380 Å². The van der Waals surface area contributed by atoms with Crippen LogP contribution < -0.4 is 14.5 Å². The lowest BCUT2D eigenvalue weighted by molar-refractivity contribution is 0.483. The van der Waals surface area contributed by atoms with E-state index < -0.39 is 29.8 Å². The summed E-state index contributed by atoms with van der Waals surface area (Å²) in [5.41, 5.74) is 9.12. The minimum absolute atomic E-state index is 0.0342. The topological polar surface area (TPSA) is 33.5 Å². The van der Waals surface area contributed by atoms with E-state index in [0.717, 1.165) is 68.7 Å². The number of ether oxygens (including phenoxy) is 1. The number of halogens is 2. The molecule has 2 aromatic heterocycles. The van der Waals surface area contributed by atoms with Crippen molar-refractivity contribution in [1.82, 2.24) is 9.55 Å². The first-order chi connectivity index (χ1) is 33.2. The van der Waals surface area contributed by atoms with Crippen molar-refractivity contribution in [3.05, 3.63) is 192 Å². The fourth-order valence-electron chi connectivity index (χ4n) is 9.18. The van der Waals surface area contributed by atoms with E-state index in [1.54, 1.807) is 6.07 Å². The predicted molar refractivity (Wildman–Crippen MR) is 260 cm³/mol. The second-order valence-electron chi connectivity index (χ2n) is 17.0. The van der Waals surface area contributed by atoms with Gasteiger partial charge in [0.05, 0.1) is 34.8 Å². The molecule has 0 radical (unpaired) electrons. The summed E-state index contributed by atoms with van der Waals surface area (Å²) < 4.78 is 83.4. The molecule has 0 amide bonds. The van der Waals surface area contributed by atoms with E-state index in [1.807, 2.05) is 91.1 Å². The molecule has 1 aliphatic heterocycles. The van der Waals surface area contributed by atoms with Crippen LogP contribution in [0.4, 0.5) is 31.5 Å². The molecular formula is C57H50F2N4O. The number of rotatable bonds is 11. The van der Waals surface area contributed by atoms with Gasteiger partial charge in [0.15, 0.2) is 0 Å². The number of hydrogen-bond donors (Lipinski definition) is 0. The third kappa shape index (κ3) is 7.34. The Bertz CT molecular complexity index is 3420. The average Bonchev–Trinajstić information content (AvgIpc) is 3.88. The van der Waals surface area contributed by atoms with E-state index in [0.29, 0.717) is 35.0 Å². The van der Waals surface area contributed by atoms with Gasteiger partial charge in [0, 0.05) is 40.5 Å². The minimum Gasteiger partial charge on any atom is -0.457 e. The van der Waals surface area contributed by atoms with Crippen molar-refractivity contribution in [2.45, 2.75) is 59.3 Å². The van der Waals surface area contributed by atoms with Gasteiger partial charge < -0.3 is 14.5 Å². The summed E-state index contributed by atoms with van der Waals surface area (Å²) in [6.45, 7) is 10.8. The van der Waals surface area contributed by atoms with Gasteiger partial charge >= 0.3 is 0 Å². The molecule has 7 heteroatoms. The minimum atomic E-state index is -0.626.